The standard InChI is InChI=1S/C27H35N3O4S/c1-18-21(25(32)29-13-15-34-16-14-29)24(35-22(18)19-9-6-5-7-10-19)28-23(31)20-11-8-12-30(17-20)26(33)27(2,3)4/h5-7,9-10,20H,8,11-17H2,1-4H3,(H,28,31). The topological polar surface area (TPSA) is 79.0 Å². The van der Waals surface area contributed by atoms with Crippen LogP contribution in [0.4, 0.5) is 5.00 Å². The van der Waals surface area contributed by atoms with Crippen molar-refractivity contribution >= 4 is 34.1 Å². The van der Waals surface area contributed by atoms with E-state index in [2.05, 4.69) is 5.32 Å². The summed E-state index contributed by atoms with van der Waals surface area (Å²) in [7, 11) is 0. The molecule has 0 bridgehead atoms. The molecule has 1 aromatic heterocycles. The van der Waals surface area contributed by atoms with Crippen LogP contribution in [0, 0.1) is 18.3 Å². The minimum Gasteiger partial charge on any atom is -0.378 e. The number of carbonyl (C=O) groups is 3. The molecule has 0 saturated carbocycles. The molecule has 2 aromatic rings. The molecular weight excluding hydrogens is 462 g/mol. The Kier molecular flexibility index (Phi) is 7.62. The van der Waals surface area contributed by atoms with Crippen LogP contribution in [0.3, 0.4) is 0 Å². The second-order valence-electron chi connectivity index (χ2n) is 10.4. The highest BCUT2D eigenvalue weighted by atomic mass is 32.1. The summed E-state index contributed by atoms with van der Waals surface area (Å²) in [6.07, 6.45) is 1.51. The summed E-state index contributed by atoms with van der Waals surface area (Å²) in [5, 5.41) is 3.68. The second kappa shape index (κ2) is 10.5. The van der Waals surface area contributed by atoms with Gasteiger partial charge in [-0.1, -0.05) is 51.1 Å². The lowest BCUT2D eigenvalue weighted by Gasteiger charge is -2.35. The average molecular weight is 498 g/mol. The Morgan fingerprint density at radius 1 is 1.03 bits per heavy atom. The second-order valence-corrected chi connectivity index (χ2v) is 11.4. The first-order chi connectivity index (χ1) is 16.7. The van der Waals surface area contributed by atoms with E-state index >= 15 is 0 Å². The average Bonchev–Trinajstić information content (AvgIpc) is 3.19. The number of hydrogen-bond donors (Lipinski definition) is 1. The van der Waals surface area contributed by atoms with Crippen molar-refractivity contribution in [3.8, 4) is 10.4 Å². The third kappa shape index (κ3) is 5.59. The molecule has 8 heteroatoms. The van der Waals surface area contributed by atoms with Crippen LogP contribution >= 0.6 is 11.3 Å². The number of nitrogens with one attached hydrogen (secondary N) is 1. The molecule has 4 rings (SSSR count). The van der Waals surface area contributed by atoms with Crippen LogP contribution < -0.4 is 5.32 Å². The number of anilines is 1. The molecule has 0 spiro atoms. The van der Waals surface area contributed by atoms with Crippen LogP contribution in [0.2, 0.25) is 0 Å². The molecule has 2 aliphatic rings. The van der Waals surface area contributed by atoms with Gasteiger partial charge < -0.3 is 19.9 Å². The first-order valence-corrected chi connectivity index (χ1v) is 13.1. The van der Waals surface area contributed by atoms with Gasteiger partial charge in [0.05, 0.1) is 24.7 Å². The van der Waals surface area contributed by atoms with Crippen molar-refractivity contribution in [1.29, 1.82) is 0 Å². The highest BCUT2D eigenvalue weighted by molar-refractivity contribution is 7.20. The van der Waals surface area contributed by atoms with Gasteiger partial charge in [-0.2, -0.15) is 0 Å². The van der Waals surface area contributed by atoms with Crippen LogP contribution in [0.15, 0.2) is 30.3 Å². The van der Waals surface area contributed by atoms with Crippen molar-refractivity contribution in [1.82, 2.24) is 9.80 Å². The Bertz CT molecular complexity index is 1080. The van der Waals surface area contributed by atoms with E-state index in [1.807, 2.05) is 62.9 Å². The lowest BCUT2D eigenvalue weighted by atomic mass is 9.91. The summed E-state index contributed by atoms with van der Waals surface area (Å²) < 4.78 is 5.42. The largest absolute Gasteiger partial charge is 0.378 e. The molecular formula is C27H35N3O4S. The highest BCUT2D eigenvalue weighted by Crippen LogP contribution is 2.41. The summed E-state index contributed by atoms with van der Waals surface area (Å²) in [4.78, 5) is 44.4. The van der Waals surface area contributed by atoms with Crippen molar-refractivity contribution in [2.75, 3.05) is 44.7 Å². The minimum atomic E-state index is -0.481. The molecule has 3 amide bonds. The van der Waals surface area contributed by atoms with Gasteiger partial charge in [-0.05, 0) is 30.9 Å². The molecule has 35 heavy (non-hydrogen) atoms. The van der Waals surface area contributed by atoms with E-state index in [9.17, 15) is 14.4 Å². The normalized spacial score (nSPS) is 18.9. The number of carbonyl (C=O) groups excluding carboxylic acids is 3. The fourth-order valence-corrected chi connectivity index (χ4v) is 5.92. The zero-order valence-corrected chi connectivity index (χ0v) is 21.9. The van der Waals surface area contributed by atoms with Gasteiger partial charge in [0.1, 0.15) is 5.00 Å². The first kappa shape index (κ1) is 25.4. The van der Waals surface area contributed by atoms with Gasteiger partial charge in [0.25, 0.3) is 5.91 Å². The molecule has 1 atom stereocenters. The van der Waals surface area contributed by atoms with Crippen LogP contribution in [0.5, 0.6) is 0 Å². The van der Waals surface area contributed by atoms with Crippen LogP contribution in [-0.4, -0.2) is 66.9 Å². The zero-order valence-electron chi connectivity index (χ0n) is 21.1. The van der Waals surface area contributed by atoms with Gasteiger partial charge in [-0.25, -0.2) is 0 Å². The third-order valence-corrected chi connectivity index (χ3v) is 7.91. The van der Waals surface area contributed by atoms with Crippen molar-refractivity contribution in [3.05, 3.63) is 41.5 Å². The summed E-state index contributed by atoms with van der Waals surface area (Å²) in [6.45, 7) is 10.9. The number of hydrogen-bond acceptors (Lipinski definition) is 5. The number of thiophene rings is 1. The molecule has 0 radical (unpaired) electrons. The predicted molar refractivity (Wildman–Crippen MR) is 139 cm³/mol. The molecule has 1 unspecified atom stereocenters. The van der Waals surface area contributed by atoms with Crippen molar-refractivity contribution in [2.24, 2.45) is 11.3 Å². The SMILES string of the molecule is Cc1c(-c2ccccc2)sc(NC(=O)C2CCCN(C(=O)C(C)(C)C)C2)c1C(=O)N1CCOCC1. The highest BCUT2D eigenvalue weighted by Gasteiger charge is 2.35. The maximum atomic E-state index is 13.6. The number of likely N-dealkylation sites (tertiary alicyclic amines) is 1. The van der Waals surface area contributed by atoms with E-state index in [1.54, 1.807) is 4.90 Å². The lowest BCUT2D eigenvalue weighted by Crippen LogP contribution is -2.47. The van der Waals surface area contributed by atoms with E-state index in [1.165, 1.54) is 11.3 Å². The van der Waals surface area contributed by atoms with E-state index in [0.717, 1.165) is 28.8 Å². The molecule has 2 fully saturated rings. The van der Waals surface area contributed by atoms with E-state index < -0.39 is 5.41 Å². The van der Waals surface area contributed by atoms with Gasteiger partial charge in [0.15, 0.2) is 0 Å². The Labute approximate surface area is 211 Å². The molecule has 188 valence electrons. The maximum absolute atomic E-state index is 13.6. The zero-order chi connectivity index (χ0) is 25.2. The lowest BCUT2D eigenvalue weighted by molar-refractivity contribution is -0.142. The smallest absolute Gasteiger partial charge is 0.257 e. The Balaban J connectivity index is 1.61. The molecule has 0 aliphatic carbocycles. The fourth-order valence-electron chi connectivity index (χ4n) is 4.71. The maximum Gasteiger partial charge on any atom is 0.257 e. The molecule has 3 heterocycles. The number of nitrogens with zero attached hydrogens (tertiary/aromatic N) is 2. The Morgan fingerprint density at radius 2 is 1.71 bits per heavy atom. The van der Waals surface area contributed by atoms with Gasteiger partial charge >= 0.3 is 0 Å². The van der Waals surface area contributed by atoms with Gasteiger partial charge in [-0.15, -0.1) is 11.3 Å². The summed E-state index contributed by atoms with van der Waals surface area (Å²) in [6, 6.07) is 9.94. The number of ether oxygens (including phenoxy) is 1. The van der Waals surface area contributed by atoms with Crippen LogP contribution in [0.25, 0.3) is 10.4 Å². The number of amides is 3. The van der Waals surface area contributed by atoms with Crippen LogP contribution in [-0.2, 0) is 14.3 Å². The number of benzene rings is 1. The van der Waals surface area contributed by atoms with Crippen molar-refractivity contribution < 1.29 is 19.1 Å². The van der Waals surface area contributed by atoms with Crippen LogP contribution in [0.1, 0.15) is 49.5 Å². The number of rotatable bonds is 4. The molecule has 1 N–H and O–H groups in total. The van der Waals surface area contributed by atoms with E-state index in [0.29, 0.717) is 50.0 Å². The van der Waals surface area contributed by atoms with Gasteiger partial charge in [0, 0.05) is 36.5 Å². The van der Waals surface area contributed by atoms with Crippen molar-refractivity contribution in [3.63, 3.8) is 0 Å². The molecule has 2 saturated heterocycles. The summed E-state index contributed by atoms with van der Waals surface area (Å²) in [5.74, 6) is -0.443. The fraction of sp³-hybridized carbons (Fsp3) is 0.519. The molecule has 7 nitrogen and oxygen atoms in total. The molecule has 2 aliphatic heterocycles. The Morgan fingerprint density at radius 3 is 2.37 bits per heavy atom. The third-order valence-electron chi connectivity index (χ3n) is 6.65. The predicted octanol–water partition coefficient (Wildman–Crippen LogP) is 4.42. The summed E-state index contributed by atoms with van der Waals surface area (Å²) in [5.41, 5.74) is 1.97. The van der Waals surface area contributed by atoms with E-state index in [-0.39, 0.29) is 23.6 Å². The Hall–Kier alpha value is -2.71. The summed E-state index contributed by atoms with van der Waals surface area (Å²) >= 11 is 1.44. The molecule has 1 aromatic carbocycles. The monoisotopic (exact) mass is 497 g/mol. The number of piperidine rings is 1. The quantitative estimate of drug-likeness (QED) is 0.678. The van der Waals surface area contributed by atoms with Gasteiger partial charge in [-0.3, -0.25) is 14.4 Å². The minimum absolute atomic E-state index is 0.0662. The van der Waals surface area contributed by atoms with E-state index in [4.69, 9.17) is 4.74 Å². The number of morpholine rings is 1. The van der Waals surface area contributed by atoms with Gasteiger partial charge in [0.2, 0.25) is 11.8 Å². The van der Waals surface area contributed by atoms with Crippen molar-refractivity contribution in [2.45, 2.75) is 40.5 Å². The first-order valence-electron chi connectivity index (χ1n) is 12.3.